The Morgan fingerprint density at radius 3 is 2.42 bits per heavy atom. The van der Waals surface area contributed by atoms with Crippen molar-refractivity contribution in [3.05, 3.63) is 0 Å². The van der Waals surface area contributed by atoms with Gasteiger partial charge in [-0.05, 0) is 91.8 Å². The van der Waals surface area contributed by atoms with E-state index >= 15 is 0 Å². The van der Waals surface area contributed by atoms with Crippen molar-refractivity contribution in [3.63, 3.8) is 0 Å². The van der Waals surface area contributed by atoms with Crippen molar-refractivity contribution < 1.29 is 54.5 Å². The van der Waals surface area contributed by atoms with E-state index in [0.717, 1.165) is 44.9 Å². The maximum atomic E-state index is 11.7. The van der Waals surface area contributed by atoms with E-state index in [9.17, 15) is 15.0 Å². The quantitative estimate of drug-likeness (QED) is 0.367. The Balaban J connectivity index is 0.00000129. The molecule has 6 nitrogen and oxygen atoms in total. The molecule has 1 amide bonds. The summed E-state index contributed by atoms with van der Waals surface area (Å²) in [7, 11) is 1.71. The zero-order valence-electron chi connectivity index (χ0n) is 21.8. The van der Waals surface area contributed by atoms with E-state index in [1.807, 2.05) is 0 Å². The Hall–Kier alpha value is -0.140. The number of rotatable bonds is 6. The molecule has 0 bridgehead atoms. The zero-order chi connectivity index (χ0) is 24.1. The van der Waals surface area contributed by atoms with Crippen LogP contribution < -0.4 is 40.0 Å². The Morgan fingerprint density at radius 1 is 1.21 bits per heavy atom. The van der Waals surface area contributed by atoms with Gasteiger partial charge in [0.05, 0.1) is 12.2 Å². The second-order valence-electron chi connectivity index (χ2n) is 11.3. The number of fused-ring (bicyclic) bond motifs is 3. The third-order valence-corrected chi connectivity index (χ3v) is 9.83. The van der Waals surface area contributed by atoms with Gasteiger partial charge in [0, 0.05) is 19.9 Å². The zero-order valence-corrected chi connectivity index (χ0v) is 23.8. The molecule has 33 heavy (non-hydrogen) atoms. The average molecular weight is 476 g/mol. The number of carbonyl (C=O) groups is 2. The van der Waals surface area contributed by atoms with Crippen LogP contribution in [0.4, 0.5) is 0 Å². The van der Waals surface area contributed by atoms with Crippen molar-refractivity contribution in [1.82, 2.24) is 5.32 Å². The van der Waals surface area contributed by atoms with E-state index in [0.29, 0.717) is 36.0 Å². The molecule has 3 fully saturated rings. The van der Waals surface area contributed by atoms with Crippen molar-refractivity contribution in [2.75, 3.05) is 7.05 Å². The molecule has 0 aromatic carbocycles. The standard InChI is InChI=1S/C25H45NO3.CH2O2.Na/c1-6-20(16(2)7-10-23(29)26-5)25(4)15-17-8-9-18-13-19(27)11-12-24(18,3)21(17)14-22(25)28;2-1-3;/h16-22,27-28H,6-15H2,1-5H3,(H,26,29);1H,(H,2,3);/q;;+1/p-1/t16-,17?,18?,19-,20?,21?,22+,24?,25?;;/m1../s1. The van der Waals surface area contributed by atoms with Gasteiger partial charge in [0.15, 0.2) is 0 Å². The fraction of sp³-hybridized carbons (Fsp3) is 0.923. The van der Waals surface area contributed by atoms with E-state index in [1.165, 1.54) is 12.8 Å². The number of hydrogen-bond donors (Lipinski definition) is 3. The summed E-state index contributed by atoms with van der Waals surface area (Å²) in [5.41, 5.74) is 0.229. The fourth-order valence-corrected chi connectivity index (χ4v) is 8.01. The predicted octanol–water partition coefficient (Wildman–Crippen LogP) is -0.100. The molecule has 0 aromatic heterocycles. The van der Waals surface area contributed by atoms with Crippen molar-refractivity contribution in [1.29, 1.82) is 0 Å². The first-order valence-electron chi connectivity index (χ1n) is 12.7. The maximum Gasteiger partial charge on any atom is 1.00 e. The third-order valence-electron chi connectivity index (χ3n) is 9.83. The number of nitrogens with one attached hydrogen (secondary N) is 1. The first-order chi connectivity index (χ1) is 15.1. The Labute approximate surface area is 223 Å². The van der Waals surface area contributed by atoms with Crippen molar-refractivity contribution in [3.8, 4) is 0 Å². The van der Waals surface area contributed by atoms with Crippen LogP contribution in [0.5, 0.6) is 0 Å². The van der Waals surface area contributed by atoms with E-state index in [4.69, 9.17) is 9.90 Å². The molecule has 0 saturated heterocycles. The van der Waals surface area contributed by atoms with Gasteiger partial charge in [0.25, 0.3) is 0 Å². The number of amides is 1. The molecule has 6 unspecified atom stereocenters. The Kier molecular flexibility index (Phi) is 12.4. The van der Waals surface area contributed by atoms with Crippen LogP contribution in [0, 0.1) is 40.4 Å². The summed E-state index contributed by atoms with van der Waals surface area (Å²) in [4.78, 5) is 20.0. The summed E-state index contributed by atoms with van der Waals surface area (Å²) in [6.07, 6.45) is 9.68. The van der Waals surface area contributed by atoms with Gasteiger partial charge in [0.2, 0.25) is 5.91 Å². The van der Waals surface area contributed by atoms with Gasteiger partial charge < -0.3 is 25.4 Å². The minimum Gasteiger partial charge on any atom is -0.554 e. The van der Waals surface area contributed by atoms with Crippen LogP contribution in [-0.2, 0) is 9.59 Å². The molecule has 7 heteroatoms. The smallest absolute Gasteiger partial charge is 0.554 e. The van der Waals surface area contributed by atoms with Crippen LogP contribution >= 0.6 is 0 Å². The first kappa shape index (κ1) is 30.9. The number of carbonyl (C=O) groups excluding carboxylic acids is 2. The fourth-order valence-electron chi connectivity index (χ4n) is 8.01. The molecule has 3 saturated carbocycles. The molecular weight excluding hydrogens is 429 g/mol. The molecular formula is C26H46NNaO5. The number of aliphatic hydroxyl groups is 2. The minimum absolute atomic E-state index is 0. The SMILES string of the molecule is CCC([C@H](C)CCC(=O)NC)C1(C)CC2CCC3C[C@H](O)CCC3(C)C2C[C@@H]1O.O=C[O-].[Na+]. The number of aliphatic hydroxyl groups excluding tert-OH is 2. The number of hydrogen-bond acceptors (Lipinski definition) is 5. The van der Waals surface area contributed by atoms with Crippen LogP contribution in [0.25, 0.3) is 0 Å². The topological polar surface area (TPSA) is 110 Å². The Morgan fingerprint density at radius 2 is 1.85 bits per heavy atom. The van der Waals surface area contributed by atoms with Gasteiger partial charge in [-0.1, -0.05) is 34.1 Å². The van der Waals surface area contributed by atoms with Crippen molar-refractivity contribution in [2.45, 2.75) is 104 Å². The van der Waals surface area contributed by atoms with E-state index < -0.39 is 6.47 Å². The summed E-state index contributed by atoms with van der Waals surface area (Å²) in [6.45, 7) is 8.82. The average Bonchev–Trinajstić information content (AvgIpc) is 2.75. The van der Waals surface area contributed by atoms with E-state index in [-0.39, 0.29) is 58.5 Å². The van der Waals surface area contributed by atoms with Gasteiger partial charge in [0.1, 0.15) is 0 Å². The van der Waals surface area contributed by atoms with Gasteiger partial charge in [-0.3, -0.25) is 4.79 Å². The first-order valence-corrected chi connectivity index (χ1v) is 12.7. The second-order valence-corrected chi connectivity index (χ2v) is 11.3. The molecule has 0 radical (unpaired) electrons. The Bertz CT molecular complexity index is 634. The van der Waals surface area contributed by atoms with E-state index in [2.05, 4.69) is 33.0 Å². The maximum absolute atomic E-state index is 11.7. The summed E-state index contributed by atoms with van der Waals surface area (Å²) < 4.78 is 0. The van der Waals surface area contributed by atoms with Gasteiger partial charge in [-0.25, -0.2) is 0 Å². The predicted molar refractivity (Wildman–Crippen MR) is 123 cm³/mol. The minimum atomic E-state index is -0.500. The molecule has 0 spiro atoms. The summed E-state index contributed by atoms with van der Waals surface area (Å²) in [5, 5.41) is 32.6. The normalized spacial score (nSPS) is 39.3. The molecule has 3 aliphatic carbocycles. The molecule has 0 aliphatic heterocycles. The summed E-state index contributed by atoms with van der Waals surface area (Å²) >= 11 is 0. The molecule has 3 rings (SSSR count). The molecule has 9 atom stereocenters. The van der Waals surface area contributed by atoms with Crippen LogP contribution in [0.3, 0.4) is 0 Å². The molecule has 3 aliphatic rings. The molecule has 3 N–H and O–H groups in total. The monoisotopic (exact) mass is 475 g/mol. The summed E-state index contributed by atoms with van der Waals surface area (Å²) in [5.74, 6) is 2.91. The van der Waals surface area contributed by atoms with Crippen LogP contribution in [0.2, 0.25) is 0 Å². The van der Waals surface area contributed by atoms with Crippen LogP contribution in [0.15, 0.2) is 0 Å². The summed E-state index contributed by atoms with van der Waals surface area (Å²) in [6, 6.07) is 0. The number of carboxylic acid groups (broad SMARTS) is 1. The van der Waals surface area contributed by atoms with Gasteiger partial charge in [-0.2, -0.15) is 0 Å². The molecule has 186 valence electrons. The largest absolute Gasteiger partial charge is 1.00 e. The van der Waals surface area contributed by atoms with Crippen LogP contribution in [-0.4, -0.2) is 41.8 Å². The molecule has 0 aromatic rings. The van der Waals surface area contributed by atoms with Gasteiger partial charge >= 0.3 is 29.6 Å². The third kappa shape index (κ3) is 6.75. The second kappa shape index (κ2) is 13.2. The molecule has 0 heterocycles. The van der Waals surface area contributed by atoms with E-state index in [1.54, 1.807) is 7.05 Å². The van der Waals surface area contributed by atoms with Crippen molar-refractivity contribution in [2.24, 2.45) is 40.4 Å². The van der Waals surface area contributed by atoms with Gasteiger partial charge in [-0.15, -0.1) is 0 Å². The van der Waals surface area contributed by atoms with Crippen molar-refractivity contribution >= 4 is 12.4 Å². The van der Waals surface area contributed by atoms with Crippen LogP contribution in [0.1, 0.15) is 91.9 Å².